The van der Waals surface area contributed by atoms with Crippen molar-refractivity contribution in [3.05, 3.63) is 54.6 Å². The number of rotatable bonds is 5. The van der Waals surface area contributed by atoms with Gasteiger partial charge in [0.05, 0.1) is 13.2 Å². The highest BCUT2D eigenvalue weighted by molar-refractivity contribution is 5.85. The van der Waals surface area contributed by atoms with Crippen molar-refractivity contribution >= 4 is 11.9 Å². The van der Waals surface area contributed by atoms with Gasteiger partial charge in [0.1, 0.15) is 5.75 Å². The number of carbonyl (C=O) groups is 2. The lowest BCUT2D eigenvalue weighted by Gasteiger charge is -2.32. The van der Waals surface area contributed by atoms with E-state index in [9.17, 15) is 14.7 Å². The molecule has 6 nitrogen and oxygen atoms in total. The molecular formula is C19H19NO5. The molecule has 130 valence electrons. The van der Waals surface area contributed by atoms with Gasteiger partial charge in [0.15, 0.2) is 12.6 Å². The summed E-state index contributed by atoms with van der Waals surface area (Å²) in [4.78, 5) is 25.0. The molecule has 1 heterocycles. The van der Waals surface area contributed by atoms with Crippen LogP contribution in [0.25, 0.3) is 11.1 Å². The highest BCUT2D eigenvalue weighted by Gasteiger charge is 2.32. The van der Waals surface area contributed by atoms with Gasteiger partial charge in [-0.25, -0.2) is 4.79 Å². The number of carboxylic acids is 1. The Hall–Kier alpha value is -2.86. The summed E-state index contributed by atoms with van der Waals surface area (Å²) in [5.41, 5.74) is 1.87. The molecule has 0 spiro atoms. The van der Waals surface area contributed by atoms with Gasteiger partial charge < -0.3 is 19.5 Å². The number of morpholine rings is 1. The molecule has 1 amide bonds. The first-order chi connectivity index (χ1) is 12.2. The second-order valence-corrected chi connectivity index (χ2v) is 5.67. The van der Waals surface area contributed by atoms with E-state index in [0.717, 1.165) is 11.1 Å². The summed E-state index contributed by atoms with van der Waals surface area (Å²) in [7, 11) is 0. The van der Waals surface area contributed by atoms with Crippen molar-refractivity contribution in [2.24, 2.45) is 0 Å². The van der Waals surface area contributed by atoms with Gasteiger partial charge in [-0.3, -0.25) is 4.79 Å². The van der Waals surface area contributed by atoms with Crippen molar-refractivity contribution in [2.75, 3.05) is 26.4 Å². The second kappa shape index (κ2) is 7.81. The number of nitrogens with zero attached hydrogens (tertiary/aromatic N) is 1. The number of ether oxygens (including phenoxy) is 2. The van der Waals surface area contributed by atoms with Crippen molar-refractivity contribution in [1.29, 1.82) is 0 Å². The molecule has 2 aromatic rings. The predicted molar refractivity (Wildman–Crippen MR) is 91.3 cm³/mol. The highest BCUT2D eigenvalue weighted by Crippen LogP contribution is 2.29. The normalized spacial score (nSPS) is 17.1. The highest BCUT2D eigenvalue weighted by atomic mass is 16.5. The Labute approximate surface area is 145 Å². The summed E-state index contributed by atoms with van der Waals surface area (Å²) in [5.74, 6) is -0.849. The van der Waals surface area contributed by atoms with Gasteiger partial charge in [-0.2, -0.15) is 0 Å². The Morgan fingerprint density at radius 3 is 2.60 bits per heavy atom. The van der Waals surface area contributed by atoms with E-state index in [0.29, 0.717) is 12.4 Å². The first-order valence-corrected chi connectivity index (χ1v) is 8.04. The lowest BCUT2D eigenvalue weighted by Crippen LogP contribution is -2.53. The van der Waals surface area contributed by atoms with Crippen molar-refractivity contribution in [3.63, 3.8) is 0 Å². The van der Waals surface area contributed by atoms with Crippen LogP contribution >= 0.6 is 0 Å². The van der Waals surface area contributed by atoms with Crippen LogP contribution in [-0.4, -0.2) is 54.3 Å². The molecule has 6 heteroatoms. The number of hydrogen-bond acceptors (Lipinski definition) is 4. The molecule has 1 aliphatic heterocycles. The molecule has 0 aliphatic carbocycles. The first kappa shape index (κ1) is 17.0. The Kier molecular flexibility index (Phi) is 5.30. The fourth-order valence-corrected chi connectivity index (χ4v) is 2.78. The van der Waals surface area contributed by atoms with Gasteiger partial charge in [-0.15, -0.1) is 0 Å². The van der Waals surface area contributed by atoms with Gasteiger partial charge >= 0.3 is 5.97 Å². The molecule has 1 atom stereocenters. The van der Waals surface area contributed by atoms with Gasteiger partial charge in [-0.1, -0.05) is 48.5 Å². The largest absolute Gasteiger partial charge is 0.483 e. The summed E-state index contributed by atoms with van der Waals surface area (Å²) in [6.07, 6.45) is 0. The van der Waals surface area contributed by atoms with Crippen LogP contribution in [0.15, 0.2) is 54.6 Å². The molecule has 0 bridgehead atoms. The monoisotopic (exact) mass is 341 g/mol. The lowest BCUT2D eigenvalue weighted by atomic mass is 10.1. The van der Waals surface area contributed by atoms with Crippen LogP contribution < -0.4 is 4.74 Å². The van der Waals surface area contributed by atoms with E-state index in [1.54, 1.807) is 6.07 Å². The molecule has 0 aromatic heterocycles. The summed E-state index contributed by atoms with van der Waals surface area (Å²) in [6.45, 7) is 0.366. The summed E-state index contributed by atoms with van der Waals surface area (Å²) in [5, 5.41) is 9.22. The fourth-order valence-electron chi connectivity index (χ4n) is 2.78. The topological polar surface area (TPSA) is 76.1 Å². The number of aliphatic carboxylic acids is 1. The Balaban J connectivity index is 1.71. The molecular weight excluding hydrogens is 322 g/mol. The zero-order valence-corrected chi connectivity index (χ0v) is 13.6. The zero-order valence-electron chi connectivity index (χ0n) is 13.6. The minimum Gasteiger partial charge on any atom is -0.483 e. The Bertz CT molecular complexity index is 746. The van der Waals surface area contributed by atoms with Crippen molar-refractivity contribution < 1.29 is 24.2 Å². The van der Waals surface area contributed by atoms with Crippen LogP contribution in [-0.2, 0) is 14.3 Å². The first-order valence-electron chi connectivity index (χ1n) is 8.04. The van der Waals surface area contributed by atoms with E-state index in [1.165, 1.54) is 4.90 Å². The average Bonchev–Trinajstić information content (AvgIpc) is 2.67. The molecule has 0 radical (unpaired) electrons. The molecule has 0 saturated carbocycles. The average molecular weight is 341 g/mol. The number of hydrogen-bond donors (Lipinski definition) is 1. The number of carbonyl (C=O) groups excluding carboxylic acids is 1. The third kappa shape index (κ3) is 3.97. The number of benzene rings is 2. The van der Waals surface area contributed by atoms with Crippen molar-refractivity contribution in [2.45, 2.75) is 6.04 Å². The molecule has 1 N–H and O–H groups in total. The number of amides is 1. The minimum absolute atomic E-state index is 0.00166. The van der Waals surface area contributed by atoms with Crippen molar-refractivity contribution in [3.8, 4) is 16.9 Å². The van der Waals surface area contributed by atoms with E-state index in [-0.39, 0.29) is 25.7 Å². The molecule has 1 saturated heterocycles. The van der Waals surface area contributed by atoms with E-state index >= 15 is 0 Å². The molecule has 1 fully saturated rings. The van der Waals surface area contributed by atoms with Gasteiger partial charge in [-0.05, 0) is 11.6 Å². The maximum Gasteiger partial charge on any atom is 0.328 e. The van der Waals surface area contributed by atoms with Crippen LogP contribution in [0, 0.1) is 0 Å². The third-order valence-electron chi connectivity index (χ3n) is 4.06. The summed E-state index contributed by atoms with van der Waals surface area (Å²) in [6, 6.07) is 16.2. The van der Waals surface area contributed by atoms with E-state index < -0.39 is 12.0 Å². The molecule has 0 unspecified atom stereocenters. The Morgan fingerprint density at radius 1 is 1.12 bits per heavy atom. The van der Waals surface area contributed by atoms with Crippen LogP contribution in [0.1, 0.15) is 0 Å². The van der Waals surface area contributed by atoms with Crippen molar-refractivity contribution in [1.82, 2.24) is 4.90 Å². The smallest absolute Gasteiger partial charge is 0.328 e. The van der Waals surface area contributed by atoms with Gasteiger partial charge in [0.2, 0.25) is 0 Å². The van der Waals surface area contributed by atoms with Crippen LogP contribution in [0.3, 0.4) is 0 Å². The quantitative estimate of drug-likeness (QED) is 0.901. The minimum atomic E-state index is -1.07. The predicted octanol–water partition coefficient (Wildman–Crippen LogP) is 2.04. The Morgan fingerprint density at radius 2 is 1.84 bits per heavy atom. The summed E-state index contributed by atoms with van der Waals surface area (Å²) >= 11 is 0. The molecule has 2 aromatic carbocycles. The van der Waals surface area contributed by atoms with Crippen LogP contribution in [0.2, 0.25) is 0 Å². The maximum atomic E-state index is 12.4. The zero-order chi connectivity index (χ0) is 17.6. The summed E-state index contributed by atoms with van der Waals surface area (Å²) < 4.78 is 10.9. The van der Waals surface area contributed by atoms with E-state index in [2.05, 4.69) is 0 Å². The van der Waals surface area contributed by atoms with Crippen LogP contribution in [0.4, 0.5) is 0 Å². The second-order valence-electron chi connectivity index (χ2n) is 5.67. The van der Waals surface area contributed by atoms with Gasteiger partial charge in [0.25, 0.3) is 5.91 Å². The number of carboxylic acid groups (broad SMARTS) is 1. The third-order valence-corrected chi connectivity index (χ3v) is 4.06. The maximum absolute atomic E-state index is 12.4. The molecule has 3 rings (SSSR count). The number of para-hydroxylation sites is 1. The lowest BCUT2D eigenvalue weighted by molar-refractivity contribution is -0.159. The molecule has 1 aliphatic rings. The van der Waals surface area contributed by atoms with Gasteiger partial charge in [0, 0.05) is 12.1 Å². The van der Waals surface area contributed by atoms with Crippen LogP contribution in [0.5, 0.6) is 5.75 Å². The van der Waals surface area contributed by atoms with E-state index in [4.69, 9.17) is 9.47 Å². The SMILES string of the molecule is O=C(O)[C@@H]1COCCN1C(=O)COc1ccccc1-c1ccccc1. The molecule has 25 heavy (non-hydrogen) atoms. The van der Waals surface area contributed by atoms with E-state index in [1.807, 2.05) is 48.5 Å². The standard InChI is InChI=1S/C19H19NO5/c21-18(20-10-11-24-12-16(20)19(22)23)13-25-17-9-5-4-8-15(17)14-6-2-1-3-7-14/h1-9,16H,10-13H2,(H,22,23)/t16-/m0/s1. The fraction of sp³-hybridized carbons (Fsp3) is 0.263.